The fourth-order valence-corrected chi connectivity index (χ4v) is 7.39. The van der Waals surface area contributed by atoms with Gasteiger partial charge in [0.05, 0.1) is 6.04 Å². The van der Waals surface area contributed by atoms with Crippen molar-refractivity contribution in [1.82, 2.24) is 26.2 Å². The molecule has 1 saturated heterocycles. The van der Waals surface area contributed by atoms with Gasteiger partial charge in [-0.25, -0.2) is 9.59 Å². The molecule has 12 heteroatoms. The van der Waals surface area contributed by atoms with Crippen molar-refractivity contribution >= 4 is 35.5 Å². The quantitative estimate of drug-likeness (QED) is 0.122. The van der Waals surface area contributed by atoms with Crippen LogP contribution in [0.5, 0.6) is 0 Å². The van der Waals surface area contributed by atoms with Gasteiger partial charge in [-0.1, -0.05) is 103 Å². The fourth-order valence-electron chi connectivity index (χ4n) is 7.39. The maximum Gasteiger partial charge on any atom is 0.329 e. The zero-order valence-corrected chi connectivity index (χ0v) is 30.9. The minimum absolute atomic E-state index is 0.0747. The Kier molecular flexibility index (Phi) is 12.9. The first-order chi connectivity index (χ1) is 24.1. The topological polar surface area (TPSA) is 163 Å². The lowest BCUT2D eigenvalue weighted by molar-refractivity contribution is -0.148. The third-order valence-electron chi connectivity index (χ3n) is 10.2. The number of nitrogens with zero attached hydrogens (tertiary/aromatic N) is 1. The number of hydrogen-bond donors (Lipinski definition) is 4. The molecule has 1 aromatic rings. The smallest absolute Gasteiger partial charge is 0.329 e. The molecule has 0 aromatic heterocycles. The summed E-state index contributed by atoms with van der Waals surface area (Å²) in [5.41, 5.74) is 0.533. The summed E-state index contributed by atoms with van der Waals surface area (Å²) in [7, 11) is 0. The molecule has 1 saturated carbocycles. The van der Waals surface area contributed by atoms with Gasteiger partial charge in [-0.05, 0) is 47.1 Å². The van der Waals surface area contributed by atoms with E-state index in [1.54, 1.807) is 0 Å². The Morgan fingerprint density at radius 3 is 2.27 bits per heavy atom. The molecule has 1 aromatic carbocycles. The van der Waals surface area contributed by atoms with E-state index in [1.807, 2.05) is 78.0 Å². The van der Waals surface area contributed by atoms with Crippen molar-refractivity contribution in [2.24, 2.45) is 22.7 Å². The number of amides is 5. The van der Waals surface area contributed by atoms with Crippen LogP contribution >= 0.6 is 0 Å². The van der Waals surface area contributed by atoms with E-state index in [-0.39, 0.29) is 43.4 Å². The van der Waals surface area contributed by atoms with Gasteiger partial charge in [0.15, 0.2) is 0 Å². The summed E-state index contributed by atoms with van der Waals surface area (Å²) in [6, 6.07) is 4.56. The first-order valence-electron chi connectivity index (χ1n) is 18.1. The monoisotopic (exact) mass is 705 g/mol. The number of ketones is 1. The van der Waals surface area contributed by atoms with Crippen molar-refractivity contribution < 1.29 is 33.5 Å². The summed E-state index contributed by atoms with van der Waals surface area (Å²) < 4.78 is 5.63. The van der Waals surface area contributed by atoms with E-state index < -0.39 is 65.1 Å². The number of nitrogens with one attached hydrogen (secondary N) is 4. The highest BCUT2D eigenvalue weighted by atomic mass is 16.5. The number of hydrogen-bond acceptors (Lipinski definition) is 7. The minimum Gasteiger partial charge on any atom is -0.459 e. The predicted octanol–water partition coefficient (Wildman–Crippen LogP) is 3.95. The van der Waals surface area contributed by atoms with Crippen LogP contribution in [0.25, 0.3) is 0 Å². The average molecular weight is 706 g/mol. The molecule has 4 N–H and O–H groups in total. The molecule has 3 aliphatic rings. The van der Waals surface area contributed by atoms with Gasteiger partial charge in [0.2, 0.25) is 17.6 Å². The van der Waals surface area contributed by atoms with Crippen molar-refractivity contribution in [3.05, 3.63) is 60.2 Å². The average Bonchev–Trinajstić information content (AvgIpc) is 3.73. The number of esters is 1. The van der Waals surface area contributed by atoms with Crippen molar-refractivity contribution in [3.63, 3.8) is 0 Å². The number of urea groups is 1. The van der Waals surface area contributed by atoms with E-state index in [4.69, 9.17) is 4.74 Å². The molecule has 1 unspecified atom stereocenters. The molecule has 1 aliphatic heterocycles. The van der Waals surface area contributed by atoms with Crippen LogP contribution in [0.4, 0.5) is 4.79 Å². The summed E-state index contributed by atoms with van der Waals surface area (Å²) in [5.74, 6) is -3.35. The molecule has 12 nitrogen and oxygen atoms in total. The normalized spacial score (nSPS) is 21.1. The van der Waals surface area contributed by atoms with Gasteiger partial charge >= 0.3 is 12.0 Å². The Morgan fingerprint density at radius 2 is 1.69 bits per heavy atom. The third kappa shape index (κ3) is 9.45. The Labute approximate surface area is 301 Å². The van der Waals surface area contributed by atoms with Crippen LogP contribution in [0.1, 0.15) is 85.6 Å². The number of ether oxygens (including phenoxy) is 1. The third-order valence-corrected chi connectivity index (χ3v) is 10.2. The Hall–Kier alpha value is -4.48. The second kappa shape index (κ2) is 16.7. The van der Waals surface area contributed by atoms with E-state index in [1.165, 1.54) is 11.0 Å². The van der Waals surface area contributed by atoms with Gasteiger partial charge in [0, 0.05) is 19.0 Å². The van der Waals surface area contributed by atoms with E-state index in [2.05, 4.69) is 27.8 Å². The minimum atomic E-state index is -1.08. The predicted molar refractivity (Wildman–Crippen MR) is 193 cm³/mol. The van der Waals surface area contributed by atoms with Crippen molar-refractivity contribution in [3.8, 4) is 0 Å². The lowest BCUT2D eigenvalue weighted by Crippen LogP contribution is -2.61. The molecule has 0 radical (unpaired) electrons. The maximum atomic E-state index is 14.5. The van der Waals surface area contributed by atoms with E-state index in [0.717, 1.165) is 36.8 Å². The highest BCUT2D eigenvalue weighted by molar-refractivity contribution is 6.38. The van der Waals surface area contributed by atoms with Crippen molar-refractivity contribution in [2.45, 2.75) is 111 Å². The maximum absolute atomic E-state index is 14.5. The van der Waals surface area contributed by atoms with Crippen LogP contribution < -0.4 is 21.3 Å². The van der Waals surface area contributed by atoms with E-state index in [0.29, 0.717) is 6.42 Å². The second-order valence-electron chi connectivity index (χ2n) is 15.7. The van der Waals surface area contributed by atoms with Crippen LogP contribution in [0.15, 0.2) is 54.6 Å². The number of likely N-dealkylation sites (tertiary alicyclic amines) is 1. The lowest BCUT2D eigenvalue weighted by atomic mass is 9.64. The van der Waals surface area contributed by atoms with Crippen molar-refractivity contribution in [2.75, 3.05) is 13.1 Å². The van der Waals surface area contributed by atoms with Gasteiger partial charge in [-0.3, -0.25) is 19.2 Å². The highest BCUT2D eigenvalue weighted by Gasteiger charge is 2.55. The molecular weight excluding hydrogens is 650 g/mol. The number of rotatable bonds is 15. The van der Waals surface area contributed by atoms with Crippen LogP contribution in [0.2, 0.25) is 0 Å². The molecule has 5 amide bonds. The number of Topliss-reactive ketones (excluding diaryl/α,β-unsaturated/α-hetero) is 1. The molecule has 51 heavy (non-hydrogen) atoms. The summed E-state index contributed by atoms with van der Waals surface area (Å²) in [5, 5.41) is 10.9. The summed E-state index contributed by atoms with van der Waals surface area (Å²) in [6.45, 7) is 15.3. The zero-order valence-electron chi connectivity index (χ0n) is 30.9. The number of benzene rings is 1. The molecule has 4 rings (SSSR count). The summed E-state index contributed by atoms with van der Waals surface area (Å²) >= 11 is 0. The molecular formula is C39H55N5O7. The van der Waals surface area contributed by atoms with E-state index in [9.17, 15) is 28.8 Å². The van der Waals surface area contributed by atoms with Gasteiger partial charge in [-0.15, -0.1) is 6.58 Å². The molecule has 0 spiro atoms. The number of allylic oxidation sites excluding steroid dienone is 1. The Bertz CT molecular complexity index is 1510. The van der Waals surface area contributed by atoms with Gasteiger partial charge in [0.25, 0.3) is 5.91 Å². The van der Waals surface area contributed by atoms with Gasteiger partial charge in [-0.2, -0.15) is 0 Å². The molecule has 5 atom stereocenters. The molecule has 1 heterocycles. The first-order valence-corrected chi connectivity index (χ1v) is 18.1. The summed E-state index contributed by atoms with van der Waals surface area (Å²) in [4.78, 5) is 82.6. The molecule has 0 bridgehead atoms. The zero-order chi connectivity index (χ0) is 37.5. The summed E-state index contributed by atoms with van der Waals surface area (Å²) in [6.07, 6.45) is 7.61. The largest absolute Gasteiger partial charge is 0.459 e. The van der Waals surface area contributed by atoms with Crippen LogP contribution in [-0.2, 0) is 35.3 Å². The van der Waals surface area contributed by atoms with E-state index >= 15 is 0 Å². The fraction of sp³-hybridized carbons (Fsp3) is 0.590. The molecule has 278 valence electrons. The molecule has 2 fully saturated rings. The van der Waals surface area contributed by atoms with Crippen LogP contribution in [-0.4, -0.2) is 77.7 Å². The lowest BCUT2D eigenvalue weighted by Gasteiger charge is -2.39. The highest BCUT2D eigenvalue weighted by Crippen LogP contribution is 2.51. The number of fused-ring (bicyclic) bond motifs is 1. The van der Waals surface area contributed by atoms with Gasteiger partial charge in [0.1, 0.15) is 24.7 Å². The number of carbonyl (C=O) groups excluding carboxylic acids is 6. The SMILES string of the molecule is C=CCNC(=O)C(=O)C(CCC)NC(=O)[C@@H]1C2=CC(C)(C)[C@H]2CN1C(=O)[C@@H](NC(=O)N[C@H](C(=O)OCc1ccccc1)C1CCCC1)C(C)(C)C. The van der Waals surface area contributed by atoms with Gasteiger partial charge < -0.3 is 30.9 Å². The number of carbonyl (C=O) groups is 6. The van der Waals surface area contributed by atoms with Crippen molar-refractivity contribution in [1.29, 1.82) is 0 Å². The molecule has 2 aliphatic carbocycles. The standard InChI is InChI=1S/C39H55N5O7/c1-8-15-28(31(45)34(47)40-20-9-2)41-33(46)30-26-21-39(6,7)27(26)22-44(30)35(48)32(38(3,4)5)43-37(50)42-29(25-18-13-14-19-25)36(49)51-23-24-16-11-10-12-17-24/h9-12,16-17,21,25,27-30,32H,2,8,13-15,18-20,22-23H2,1,3-7H3,(H,40,47)(H,41,46)(H2,42,43,50)/t27-,28?,29-,30-,32+/m0/s1. The Balaban J connectivity index is 1.53. The Morgan fingerprint density at radius 1 is 1.02 bits per heavy atom. The van der Waals surface area contributed by atoms with Crippen LogP contribution in [0.3, 0.4) is 0 Å². The first kappa shape index (κ1) is 39.3. The van der Waals surface area contributed by atoms with Crippen LogP contribution in [0, 0.1) is 22.7 Å². The second-order valence-corrected chi connectivity index (χ2v) is 15.7.